The second-order valence-electron chi connectivity index (χ2n) is 9.28. The van der Waals surface area contributed by atoms with Gasteiger partial charge in [0.1, 0.15) is 0 Å². The number of rotatable bonds is 9. The summed E-state index contributed by atoms with van der Waals surface area (Å²) in [5.41, 5.74) is 3.84. The average Bonchev–Trinajstić information content (AvgIpc) is 2.94. The number of methoxy groups -OCH3 is 5. The van der Waals surface area contributed by atoms with E-state index in [1.807, 2.05) is 25.1 Å². The molecule has 0 saturated heterocycles. The third kappa shape index (κ3) is 5.01. The molecule has 2 aromatic rings. The van der Waals surface area contributed by atoms with Gasteiger partial charge in [-0.25, -0.2) is 4.79 Å². The van der Waals surface area contributed by atoms with Crippen molar-refractivity contribution >= 4 is 11.8 Å². The van der Waals surface area contributed by atoms with Crippen molar-refractivity contribution < 1.29 is 38.0 Å². The fourth-order valence-electron chi connectivity index (χ4n) is 5.52. The molecular weight excluding hydrogens is 502 g/mol. The SMILES string of the molecule is CCOC(=O)C1=C(C)NC2=C(C(=O)C[C@@H](c3ccc(OC)c(OC)c3)C2)[C@@H]1c1ccc(OC)c(OC)c1OC. The van der Waals surface area contributed by atoms with E-state index in [1.54, 1.807) is 33.3 Å². The lowest BCUT2D eigenvalue weighted by Crippen LogP contribution is -2.36. The quantitative estimate of drug-likeness (QED) is 0.458. The zero-order valence-electron chi connectivity index (χ0n) is 23.4. The van der Waals surface area contributed by atoms with Crippen molar-refractivity contribution in [3.8, 4) is 28.7 Å². The van der Waals surface area contributed by atoms with Gasteiger partial charge in [0.15, 0.2) is 28.8 Å². The molecule has 0 fully saturated rings. The molecule has 0 amide bonds. The Morgan fingerprint density at radius 1 is 0.872 bits per heavy atom. The summed E-state index contributed by atoms with van der Waals surface area (Å²) in [7, 11) is 7.75. The van der Waals surface area contributed by atoms with E-state index in [0.29, 0.717) is 57.6 Å². The van der Waals surface area contributed by atoms with Gasteiger partial charge in [0.25, 0.3) is 0 Å². The van der Waals surface area contributed by atoms with Gasteiger partial charge >= 0.3 is 5.97 Å². The smallest absolute Gasteiger partial charge is 0.336 e. The molecule has 2 atom stereocenters. The van der Waals surface area contributed by atoms with Crippen LogP contribution in [0, 0.1) is 0 Å². The minimum absolute atomic E-state index is 0.0697. The van der Waals surface area contributed by atoms with Crippen LogP contribution in [0.15, 0.2) is 52.9 Å². The summed E-state index contributed by atoms with van der Waals surface area (Å²) in [5.74, 6) is 1.10. The molecule has 0 unspecified atom stereocenters. The summed E-state index contributed by atoms with van der Waals surface area (Å²) < 4.78 is 33.2. The van der Waals surface area contributed by atoms with Crippen LogP contribution in [0.2, 0.25) is 0 Å². The first kappa shape index (κ1) is 27.9. The number of nitrogens with one attached hydrogen (secondary N) is 1. The standard InChI is InChI=1S/C30H35NO8/c1-8-39-30(33)25-16(2)31-20-13-18(17-9-11-22(34-3)24(15-17)36-5)14-21(32)27(20)26(25)19-10-12-23(35-4)29(38-7)28(19)37-6/h9-12,15,18,26,31H,8,13-14H2,1-7H3/t18-,26+/m0/s1. The van der Waals surface area contributed by atoms with Crippen molar-refractivity contribution in [2.75, 3.05) is 42.2 Å². The molecular formula is C30H35NO8. The van der Waals surface area contributed by atoms with Crippen LogP contribution < -0.4 is 29.0 Å². The maximum absolute atomic E-state index is 14.0. The zero-order valence-corrected chi connectivity index (χ0v) is 23.4. The Labute approximate surface area is 228 Å². The number of ether oxygens (including phenoxy) is 6. The monoisotopic (exact) mass is 537 g/mol. The molecule has 2 aliphatic rings. The Morgan fingerprint density at radius 2 is 1.54 bits per heavy atom. The third-order valence-corrected chi connectivity index (χ3v) is 7.25. The maximum atomic E-state index is 14.0. The number of dihydropyridines is 1. The number of esters is 1. The molecule has 1 heterocycles. The van der Waals surface area contributed by atoms with Crippen LogP contribution in [0.5, 0.6) is 28.7 Å². The summed E-state index contributed by atoms with van der Waals surface area (Å²) in [6, 6.07) is 9.26. The zero-order chi connectivity index (χ0) is 28.3. The molecule has 9 heteroatoms. The Bertz CT molecular complexity index is 1340. The molecule has 4 rings (SSSR count). The maximum Gasteiger partial charge on any atom is 0.336 e. The predicted molar refractivity (Wildman–Crippen MR) is 145 cm³/mol. The van der Waals surface area contributed by atoms with Crippen molar-refractivity contribution in [1.82, 2.24) is 5.32 Å². The number of hydrogen-bond donors (Lipinski definition) is 1. The highest BCUT2D eigenvalue weighted by Gasteiger charge is 2.43. The van der Waals surface area contributed by atoms with Gasteiger partial charge in [0.05, 0.1) is 53.6 Å². The van der Waals surface area contributed by atoms with Gasteiger partial charge in [0.2, 0.25) is 5.75 Å². The Kier molecular flexibility index (Phi) is 8.38. The van der Waals surface area contributed by atoms with E-state index >= 15 is 0 Å². The van der Waals surface area contributed by atoms with Crippen molar-refractivity contribution in [3.05, 3.63) is 64.0 Å². The van der Waals surface area contributed by atoms with E-state index < -0.39 is 11.9 Å². The number of carbonyl (C=O) groups is 2. The molecule has 2 aromatic carbocycles. The van der Waals surface area contributed by atoms with Crippen molar-refractivity contribution in [2.24, 2.45) is 0 Å². The second-order valence-corrected chi connectivity index (χ2v) is 9.28. The number of hydrogen-bond acceptors (Lipinski definition) is 9. The van der Waals surface area contributed by atoms with Gasteiger partial charge in [-0.05, 0) is 49.9 Å². The highest BCUT2D eigenvalue weighted by atomic mass is 16.5. The summed E-state index contributed by atoms with van der Waals surface area (Å²) in [6.45, 7) is 3.77. The lowest BCUT2D eigenvalue weighted by atomic mass is 9.71. The Morgan fingerprint density at radius 3 is 2.15 bits per heavy atom. The molecule has 9 nitrogen and oxygen atoms in total. The van der Waals surface area contributed by atoms with Crippen molar-refractivity contribution in [2.45, 2.75) is 38.5 Å². The van der Waals surface area contributed by atoms with Crippen LogP contribution in [0.25, 0.3) is 0 Å². The lowest BCUT2D eigenvalue weighted by Gasteiger charge is -2.37. The minimum Gasteiger partial charge on any atom is -0.493 e. The number of benzene rings is 2. The summed E-state index contributed by atoms with van der Waals surface area (Å²) in [6.07, 6.45) is 0.827. The molecule has 39 heavy (non-hydrogen) atoms. The number of allylic oxidation sites excluding steroid dienone is 3. The van der Waals surface area contributed by atoms with Gasteiger partial charge in [-0.1, -0.05) is 12.1 Å². The molecule has 1 aliphatic heterocycles. The molecule has 0 bridgehead atoms. The van der Waals surface area contributed by atoms with Crippen molar-refractivity contribution in [3.63, 3.8) is 0 Å². The van der Waals surface area contributed by atoms with Crippen molar-refractivity contribution in [1.29, 1.82) is 0 Å². The van der Waals surface area contributed by atoms with Crippen LogP contribution in [0.1, 0.15) is 49.7 Å². The Hall–Kier alpha value is -4.14. The van der Waals surface area contributed by atoms with E-state index in [2.05, 4.69) is 5.32 Å². The van der Waals surface area contributed by atoms with Crippen LogP contribution >= 0.6 is 0 Å². The first-order chi connectivity index (χ1) is 18.8. The second kappa shape index (κ2) is 11.7. The fraction of sp³-hybridized carbons (Fsp3) is 0.400. The van der Waals surface area contributed by atoms with E-state index in [1.165, 1.54) is 21.3 Å². The van der Waals surface area contributed by atoms with Crippen LogP contribution in [0.4, 0.5) is 0 Å². The number of Topliss-reactive ketones (excluding diaryl/α,β-unsaturated/α-hetero) is 1. The topological polar surface area (TPSA) is 102 Å². The van der Waals surface area contributed by atoms with Crippen LogP contribution in [0.3, 0.4) is 0 Å². The van der Waals surface area contributed by atoms with Crippen LogP contribution in [-0.4, -0.2) is 53.9 Å². The molecule has 1 N–H and O–H groups in total. The van der Waals surface area contributed by atoms with E-state index in [-0.39, 0.29) is 24.7 Å². The van der Waals surface area contributed by atoms with Gasteiger partial charge in [0, 0.05) is 29.0 Å². The first-order valence-electron chi connectivity index (χ1n) is 12.7. The summed E-state index contributed by atoms with van der Waals surface area (Å²) >= 11 is 0. The van der Waals surface area contributed by atoms with E-state index in [0.717, 1.165) is 11.3 Å². The number of ketones is 1. The minimum atomic E-state index is -0.714. The van der Waals surface area contributed by atoms with Gasteiger partial charge < -0.3 is 33.7 Å². The largest absolute Gasteiger partial charge is 0.493 e. The lowest BCUT2D eigenvalue weighted by molar-refractivity contribution is -0.138. The van der Waals surface area contributed by atoms with E-state index in [9.17, 15) is 9.59 Å². The molecule has 0 aromatic heterocycles. The molecule has 1 aliphatic carbocycles. The van der Waals surface area contributed by atoms with Crippen LogP contribution in [-0.2, 0) is 14.3 Å². The van der Waals surface area contributed by atoms with Gasteiger partial charge in [-0.3, -0.25) is 4.79 Å². The molecule has 0 radical (unpaired) electrons. The number of carbonyl (C=O) groups excluding carboxylic acids is 2. The molecule has 0 spiro atoms. The molecule has 0 saturated carbocycles. The van der Waals surface area contributed by atoms with Gasteiger partial charge in [-0.15, -0.1) is 0 Å². The molecule has 208 valence electrons. The van der Waals surface area contributed by atoms with Gasteiger partial charge in [-0.2, -0.15) is 0 Å². The average molecular weight is 538 g/mol. The summed E-state index contributed by atoms with van der Waals surface area (Å²) in [5, 5.41) is 3.36. The fourth-order valence-corrected chi connectivity index (χ4v) is 5.52. The predicted octanol–water partition coefficient (Wildman–Crippen LogP) is 4.65. The first-order valence-corrected chi connectivity index (χ1v) is 12.7. The third-order valence-electron chi connectivity index (χ3n) is 7.25. The summed E-state index contributed by atoms with van der Waals surface area (Å²) in [4.78, 5) is 27.2. The normalized spacial score (nSPS) is 18.7. The van der Waals surface area contributed by atoms with E-state index in [4.69, 9.17) is 28.4 Å². The Balaban J connectivity index is 1.87. The highest BCUT2D eigenvalue weighted by Crippen LogP contribution is 2.51. The highest BCUT2D eigenvalue weighted by molar-refractivity contribution is 6.04.